The first-order valence-electron chi connectivity index (χ1n) is 5.99. The van der Waals surface area contributed by atoms with Crippen LogP contribution in [0.3, 0.4) is 0 Å². The molecule has 0 aromatic heterocycles. The quantitative estimate of drug-likeness (QED) is 0.914. The van der Waals surface area contributed by atoms with Gasteiger partial charge in [-0.3, -0.25) is 4.90 Å². The van der Waals surface area contributed by atoms with Gasteiger partial charge in [-0.15, -0.1) is 0 Å². The number of rotatable bonds is 3. The van der Waals surface area contributed by atoms with Gasteiger partial charge in [0, 0.05) is 32.2 Å². The van der Waals surface area contributed by atoms with Crippen LogP contribution in [0.25, 0.3) is 0 Å². The summed E-state index contributed by atoms with van der Waals surface area (Å²) in [5, 5.41) is 12.3. The van der Waals surface area contributed by atoms with Gasteiger partial charge in [-0.05, 0) is 17.7 Å². The Labute approximate surface area is 111 Å². The van der Waals surface area contributed by atoms with Crippen LogP contribution in [-0.2, 0) is 0 Å². The maximum atomic E-state index is 13.5. The van der Waals surface area contributed by atoms with Gasteiger partial charge >= 0.3 is 0 Å². The molecule has 1 N–H and O–H groups in total. The van der Waals surface area contributed by atoms with Crippen molar-refractivity contribution < 1.29 is 4.39 Å². The van der Waals surface area contributed by atoms with E-state index in [2.05, 4.69) is 16.3 Å². The molecule has 0 radical (unpaired) electrons. The molecule has 2 rings (SSSR count). The molecule has 5 heteroatoms. The fourth-order valence-corrected chi connectivity index (χ4v) is 2.38. The van der Waals surface area contributed by atoms with Crippen molar-refractivity contribution in [2.75, 3.05) is 26.2 Å². The average Bonchev–Trinajstić information content (AvgIpc) is 2.40. The van der Waals surface area contributed by atoms with Crippen molar-refractivity contribution in [2.24, 2.45) is 0 Å². The van der Waals surface area contributed by atoms with Crippen molar-refractivity contribution in [1.82, 2.24) is 10.2 Å². The first-order chi connectivity index (χ1) is 8.72. The summed E-state index contributed by atoms with van der Waals surface area (Å²) in [6.45, 7) is 3.54. The van der Waals surface area contributed by atoms with Crippen LogP contribution < -0.4 is 5.32 Å². The van der Waals surface area contributed by atoms with Gasteiger partial charge in [0.25, 0.3) is 0 Å². The molecular formula is C13H15ClFN3. The predicted octanol–water partition coefficient (Wildman–Crippen LogP) is 2.34. The first-order valence-corrected chi connectivity index (χ1v) is 6.37. The lowest BCUT2D eigenvalue weighted by Gasteiger charge is -2.34. The van der Waals surface area contributed by atoms with Gasteiger partial charge in [-0.25, -0.2) is 4.39 Å². The SMILES string of the molecule is N#CC[C@H](c1ccc(Cl)c(F)c1)N1CCNCC1. The zero-order valence-corrected chi connectivity index (χ0v) is 10.8. The van der Waals surface area contributed by atoms with Gasteiger partial charge in [-0.2, -0.15) is 5.26 Å². The molecule has 1 aromatic carbocycles. The van der Waals surface area contributed by atoms with Crippen LogP contribution in [-0.4, -0.2) is 31.1 Å². The van der Waals surface area contributed by atoms with E-state index in [1.165, 1.54) is 6.07 Å². The summed E-state index contributed by atoms with van der Waals surface area (Å²) >= 11 is 5.68. The number of nitriles is 1. The molecule has 1 atom stereocenters. The van der Waals surface area contributed by atoms with Crippen molar-refractivity contribution in [3.8, 4) is 6.07 Å². The third kappa shape index (κ3) is 2.99. The van der Waals surface area contributed by atoms with Crippen molar-refractivity contribution in [3.63, 3.8) is 0 Å². The Morgan fingerprint density at radius 3 is 2.78 bits per heavy atom. The van der Waals surface area contributed by atoms with Gasteiger partial charge < -0.3 is 5.32 Å². The fraction of sp³-hybridized carbons (Fsp3) is 0.462. The van der Waals surface area contributed by atoms with Crippen LogP contribution in [0.4, 0.5) is 4.39 Å². The molecule has 0 bridgehead atoms. The van der Waals surface area contributed by atoms with Crippen molar-refractivity contribution in [3.05, 3.63) is 34.6 Å². The maximum Gasteiger partial charge on any atom is 0.142 e. The zero-order chi connectivity index (χ0) is 13.0. The van der Waals surface area contributed by atoms with Crippen LogP contribution in [0, 0.1) is 17.1 Å². The lowest BCUT2D eigenvalue weighted by Crippen LogP contribution is -2.45. The summed E-state index contributed by atoms with van der Waals surface area (Å²) in [6, 6.07) is 6.92. The third-order valence-corrected chi connectivity index (χ3v) is 3.51. The summed E-state index contributed by atoms with van der Waals surface area (Å²) in [4.78, 5) is 2.21. The summed E-state index contributed by atoms with van der Waals surface area (Å²) < 4.78 is 13.5. The van der Waals surface area contributed by atoms with Crippen LogP contribution in [0.5, 0.6) is 0 Å². The highest BCUT2D eigenvalue weighted by molar-refractivity contribution is 6.30. The topological polar surface area (TPSA) is 39.1 Å². The normalized spacial score (nSPS) is 18.3. The van der Waals surface area contributed by atoms with Crippen molar-refractivity contribution in [1.29, 1.82) is 5.26 Å². The lowest BCUT2D eigenvalue weighted by atomic mass is 10.0. The smallest absolute Gasteiger partial charge is 0.142 e. The molecule has 0 amide bonds. The molecule has 0 saturated carbocycles. The Hall–Kier alpha value is -1.15. The maximum absolute atomic E-state index is 13.5. The summed E-state index contributed by atoms with van der Waals surface area (Å²) in [5.74, 6) is -0.424. The standard InChI is InChI=1S/C13H15ClFN3/c14-11-2-1-10(9-12(11)15)13(3-4-16)18-7-5-17-6-8-18/h1-2,9,13,17H,3,5-8H2/t13-/m1/s1. The van der Waals surface area contributed by atoms with Crippen LogP contribution in [0.2, 0.25) is 5.02 Å². The Morgan fingerprint density at radius 2 is 2.17 bits per heavy atom. The predicted molar refractivity (Wildman–Crippen MR) is 68.8 cm³/mol. The van der Waals surface area contributed by atoms with Gasteiger partial charge in [0.2, 0.25) is 0 Å². The number of hydrogen-bond acceptors (Lipinski definition) is 3. The molecule has 1 aliphatic heterocycles. The van der Waals surface area contributed by atoms with E-state index >= 15 is 0 Å². The third-order valence-electron chi connectivity index (χ3n) is 3.21. The molecule has 0 aliphatic carbocycles. The highest BCUT2D eigenvalue weighted by Crippen LogP contribution is 2.27. The number of benzene rings is 1. The molecule has 1 aromatic rings. The molecule has 96 valence electrons. The molecule has 0 spiro atoms. The number of piperazine rings is 1. The molecule has 1 fully saturated rings. The van der Waals surface area contributed by atoms with Gasteiger partial charge in [0.1, 0.15) is 5.82 Å². The number of hydrogen-bond donors (Lipinski definition) is 1. The molecule has 0 unspecified atom stereocenters. The van der Waals surface area contributed by atoms with E-state index < -0.39 is 5.82 Å². The Bertz CT molecular complexity index is 452. The second kappa shape index (κ2) is 6.14. The van der Waals surface area contributed by atoms with E-state index in [1.807, 2.05) is 0 Å². The summed E-state index contributed by atoms with van der Waals surface area (Å²) in [7, 11) is 0. The summed E-state index contributed by atoms with van der Waals surface area (Å²) in [5.41, 5.74) is 0.820. The molecule has 1 aliphatic rings. The van der Waals surface area contributed by atoms with Crippen molar-refractivity contribution >= 4 is 11.6 Å². The monoisotopic (exact) mass is 267 g/mol. The van der Waals surface area contributed by atoms with E-state index in [0.717, 1.165) is 31.7 Å². The molecule has 18 heavy (non-hydrogen) atoms. The minimum Gasteiger partial charge on any atom is -0.314 e. The van der Waals surface area contributed by atoms with Crippen molar-refractivity contribution in [2.45, 2.75) is 12.5 Å². The number of nitrogens with one attached hydrogen (secondary N) is 1. The van der Waals surface area contributed by atoms with E-state index in [-0.39, 0.29) is 11.1 Å². The van der Waals surface area contributed by atoms with Gasteiger partial charge in [0.05, 0.1) is 17.5 Å². The minimum atomic E-state index is -0.424. The molecule has 3 nitrogen and oxygen atoms in total. The van der Waals surface area contributed by atoms with E-state index in [9.17, 15) is 4.39 Å². The van der Waals surface area contributed by atoms with Crippen LogP contribution in [0.15, 0.2) is 18.2 Å². The Morgan fingerprint density at radius 1 is 1.44 bits per heavy atom. The summed E-state index contributed by atoms with van der Waals surface area (Å²) in [6.07, 6.45) is 0.362. The molecule has 1 heterocycles. The Balaban J connectivity index is 2.22. The number of halogens is 2. The van der Waals surface area contributed by atoms with Crippen LogP contribution in [0.1, 0.15) is 18.0 Å². The average molecular weight is 268 g/mol. The second-order valence-electron chi connectivity index (χ2n) is 4.34. The highest BCUT2D eigenvalue weighted by Gasteiger charge is 2.22. The highest BCUT2D eigenvalue weighted by atomic mass is 35.5. The Kier molecular flexibility index (Phi) is 4.54. The second-order valence-corrected chi connectivity index (χ2v) is 4.74. The van der Waals surface area contributed by atoms with Gasteiger partial charge in [0.15, 0.2) is 0 Å². The first kappa shape index (κ1) is 13.3. The van der Waals surface area contributed by atoms with Gasteiger partial charge in [-0.1, -0.05) is 17.7 Å². The minimum absolute atomic E-state index is 0.0520. The van der Waals surface area contributed by atoms with Crippen LogP contribution >= 0.6 is 11.6 Å². The van der Waals surface area contributed by atoms with E-state index in [1.54, 1.807) is 12.1 Å². The molecule has 1 saturated heterocycles. The zero-order valence-electron chi connectivity index (χ0n) is 10.00. The van der Waals surface area contributed by atoms with E-state index in [4.69, 9.17) is 16.9 Å². The largest absolute Gasteiger partial charge is 0.314 e. The number of nitrogens with zero attached hydrogens (tertiary/aromatic N) is 2. The fourth-order valence-electron chi connectivity index (χ4n) is 2.26. The van der Waals surface area contributed by atoms with E-state index in [0.29, 0.717) is 6.42 Å². The lowest BCUT2D eigenvalue weighted by molar-refractivity contribution is 0.175. The molecular weight excluding hydrogens is 253 g/mol.